The summed E-state index contributed by atoms with van der Waals surface area (Å²) in [4.78, 5) is 4.07. The number of hydrogen-bond acceptors (Lipinski definition) is 5. The van der Waals surface area contributed by atoms with Gasteiger partial charge in [0.1, 0.15) is 12.9 Å². The van der Waals surface area contributed by atoms with Gasteiger partial charge in [0, 0.05) is 13.6 Å². The molecule has 2 N–H and O–H groups in total. The number of nitrogens with zero attached hydrogens (tertiary/aromatic N) is 3. The minimum atomic E-state index is 0.258. The lowest BCUT2D eigenvalue weighted by Gasteiger charge is -2.13. The summed E-state index contributed by atoms with van der Waals surface area (Å²) in [5, 5.41) is 4.43. The van der Waals surface area contributed by atoms with Crippen LogP contribution < -0.4 is 15.2 Å². The topological polar surface area (TPSA) is 75.2 Å². The number of rotatable bonds is 5. The van der Waals surface area contributed by atoms with E-state index in [-0.39, 0.29) is 6.61 Å². The minimum absolute atomic E-state index is 0.258. The van der Waals surface area contributed by atoms with Crippen LogP contribution in [-0.4, -0.2) is 21.9 Å². The van der Waals surface area contributed by atoms with Gasteiger partial charge in [-0.15, -0.1) is 0 Å². The quantitative estimate of drug-likeness (QED) is 0.900. The van der Waals surface area contributed by atoms with Gasteiger partial charge >= 0.3 is 0 Å². The first-order chi connectivity index (χ1) is 9.15. The molecule has 0 saturated carbocycles. The van der Waals surface area contributed by atoms with Crippen molar-refractivity contribution in [2.24, 2.45) is 12.8 Å². The lowest BCUT2D eigenvalue weighted by molar-refractivity contribution is 0.271. The fraction of sp³-hybridized carbons (Fsp3) is 0.333. The highest BCUT2D eigenvalue weighted by Crippen LogP contribution is 2.36. The third kappa shape index (κ3) is 2.97. The molecule has 0 spiro atoms. The van der Waals surface area contributed by atoms with Crippen LogP contribution in [0, 0.1) is 0 Å². The van der Waals surface area contributed by atoms with E-state index in [1.54, 1.807) is 31.0 Å². The van der Waals surface area contributed by atoms with Gasteiger partial charge in [-0.3, -0.25) is 4.68 Å². The van der Waals surface area contributed by atoms with Crippen molar-refractivity contribution in [2.45, 2.75) is 13.2 Å². The van der Waals surface area contributed by atoms with E-state index in [1.165, 1.54) is 6.33 Å². The highest BCUT2D eigenvalue weighted by Gasteiger charge is 2.13. The van der Waals surface area contributed by atoms with E-state index in [0.29, 0.717) is 28.9 Å². The Morgan fingerprint density at radius 3 is 2.79 bits per heavy atom. The number of halogens is 1. The summed E-state index contributed by atoms with van der Waals surface area (Å²) in [6.07, 6.45) is 1.47. The average molecular weight is 283 g/mol. The molecule has 2 rings (SSSR count). The zero-order valence-corrected chi connectivity index (χ0v) is 11.5. The minimum Gasteiger partial charge on any atom is -0.493 e. The SMILES string of the molecule is COc1cc(CN)cc(Cl)c1OCc1ncnn1C. The fourth-order valence-electron chi connectivity index (χ4n) is 1.62. The molecule has 6 nitrogen and oxygen atoms in total. The molecule has 7 heteroatoms. The van der Waals surface area contributed by atoms with Gasteiger partial charge in [0.2, 0.25) is 0 Å². The van der Waals surface area contributed by atoms with Gasteiger partial charge < -0.3 is 15.2 Å². The van der Waals surface area contributed by atoms with E-state index in [2.05, 4.69) is 10.1 Å². The summed E-state index contributed by atoms with van der Waals surface area (Å²) in [7, 11) is 3.35. The molecule has 1 heterocycles. The molecular formula is C12H15ClN4O2. The Labute approximate surface area is 116 Å². The monoisotopic (exact) mass is 282 g/mol. The number of aromatic nitrogens is 3. The Morgan fingerprint density at radius 2 is 2.21 bits per heavy atom. The molecule has 0 aliphatic rings. The molecule has 0 amide bonds. The van der Waals surface area contributed by atoms with Gasteiger partial charge in [-0.05, 0) is 17.7 Å². The number of nitrogens with two attached hydrogens (primary N) is 1. The molecule has 0 radical (unpaired) electrons. The summed E-state index contributed by atoms with van der Waals surface area (Å²) in [6, 6.07) is 3.56. The first-order valence-electron chi connectivity index (χ1n) is 5.68. The summed E-state index contributed by atoms with van der Waals surface area (Å²) < 4.78 is 12.6. The van der Waals surface area contributed by atoms with Crippen LogP contribution in [0.25, 0.3) is 0 Å². The zero-order chi connectivity index (χ0) is 13.8. The first-order valence-corrected chi connectivity index (χ1v) is 6.05. The van der Waals surface area contributed by atoms with Crippen LogP contribution in [0.4, 0.5) is 0 Å². The number of benzene rings is 1. The van der Waals surface area contributed by atoms with Gasteiger partial charge in [-0.1, -0.05) is 11.6 Å². The second-order valence-electron chi connectivity index (χ2n) is 3.90. The standard InChI is InChI=1S/C12H15ClN4O2/c1-17-11(15-7-16-17)6-19-12-9(13)3-8(5-14)4-10(12)18-2/h3-4,7H,5-6,14H2,1-2H3. The molecule has 1 aromatic carbocycles. The van der Waals surface area contributed by atoms with Crippen LogP contribution in [0.2, 0.25) is 5.02 Å². The lowest BCUT2D eigenvalue weighted by atomic mass is 10.2. The molecule has 0 saturated heterocycles. The molecule has 1 aromatic heterocycles. The fourth-order valence-corrected chi connectivity index (χ4v) is 1.91. The normalized spacial score (nSPS) is 10.5. The Hall–Kier alpha value is -1.79. The van der Waals surface area contributed by atoms with Gasteiger partial charge in [0.25, 0.3) is 0 Å². The van der Waals surface area contributed by atoms with Crippen LogP contribution in [0.1, 0.15) is 11.4 Å². The molecule has 0 atom stereocenters. The lowest BCUT2D eigenvalue weighted by Crippen LogP contribution is -2.06. The van der Waals surface area contributed by atoms with E-state index < -0.39 is 0 Å². The van der Waals surface area contributed by atoms with Crippen molar-refractivity contribution in [1.82, 2.24) is 14.8 Å². The van der Waals surface area contributed by atoms with Crippen molar-refractivity contribution in [3.8, 4) is 11.5 Å². The van der Waals surface area contributed by atoms with Gasteiger partial charge in [0.05, 0.1) is 12.1 Å². The van der Waals surface area contributed by atoms with Crippen molar-refractivity contribution in [3.05, 3.63) is 34.9 Å². The van der Waals surface area contributed by atoms with Crippen molar-refractivity contribution < 1.29 is 9.47 Å². The Bertz CT molecular complexity index is 571. The number of ether oxygens (including phenoxy) is 2. The summed E-state index contributed by atoms with van der Waals surface area (Å²) in [5.74, 6) is 1.72. The average Bonchev–Trinajstić information content (AvgIpc) is 2.82. The predicted octanol–water partition coefficient (Wildman–Crippen LogP) is 1.51. The maximum atomic E-state index is 6.17. The molecule has 0 fully saturated rings. The van der Waals surface area contributed by atoms with Gasteiger partial charge in [-0.2, -0.15) is 5.10 Å². The summed E-state index contributed by atoms with van der Waals surface area (Å²) >= 11 is 6.17. The highest BCUT2D eigenvalue weighted by atomic mass is 35.5. The van der Waals surface area contributed by atoms with E-state index in [0.717, 1.165) is 5.56 Å². The molecule has 0 unspecified atom stereocenters. The van der Waals surface area contributed by atoms with Crippen LogP contribution >= 0.6 is 11.6 Å². The van der Waals surface area contributed by atoms with E-state index in [4.69, 9.17) is 26.8 Å². The van der Waals surface area contributed by atoms with Crippen molar-refractivity contribution >= 4 is 11.6 Å². The van der Waals surface area contributed by atoms with Crippen LogP contribution in [0.15, 0.2) is 18.5 Å². The second kappa shape index (κ2) is 5.90. The molecule has 19 heavy (non-hydrogen) atoms. The molecule has 0 aliphatic heterocycles. The van der Waals surface area contributed by atoms with E-state index in [1.807, 2.05) is 0 Å². The molecule has 102 valence electrons. The van der Waals surface area contributed by atoms with Crippen molar-refractivity contribution in [2.75, 3.05) is 7.11 Å². The van der Waals surface area contributed by atoms with E-state index in [9.17, 15) is 0 Å². The van der Waals surface area contributed by atoms with Crippen molar-refractivity contribution in [3.63, 3.8) is 0 Å². The summed E-state index contributed by atoms with van der Waals surface area (Å²) in [5.41, 5.74) is 6.47. The smallest absolute Gasteiger partial charge is 0.180 e. The Kier molecular flexibility index (Phi) is 4.24. The molecule has 2 aromatic rings. The zero-order valence-electron chi connectivity index (χ0n) is 10.8. The van der Waals surface area contributed by atoms with E-state index >= 15 is 0 Å². The number of hydrogen-bond donors (Lipinski definition) is 1. The van der Waals surface area contributed by atoms with Crippen LogP contribution in [-0.2, 0) is 20.2 Å². The first kappa shape index (κ1) is 13.6. The van der Waals surface area contributed by atoms with Gasteiger partial charge in [-0.25, -0.2) is 4.98 Å². The Balaban J connectivity index is 2.22. The maximum Gasteiger partial charge on any atom is 0.180 e. The third-order valence-electron chi connectivity index (χ3n) is 2.68. The number of aryl methyl sites for hydroxylation is 1. The summed E-state index contributed by atoms with van der Waals surface area (Å²) in [6.45, 7) is 0.647. The Morgan fingerprint density at radius 1 is 1.42 bits per heavy atom. The van der Waals surface area contributed by atoms with Crippen LogP contribution in [0.3, 0.4) is 0 Å². The molecule has 0 aliphatic carbocycles. The van der Waals surface area contributed by atoms with Crippen molar-refractivity contribution in [1.29, 1.82) is 0 Å². The largest absolute Gasteiger partial charge is 0.493 e. The van der Waals surface area contributed by atoms with Crippen LogP contribution in [0.5, 0.6) is 11.5 Å². The second-order valence-corrected chi connectivity index (χ2v) is 4.31. The third-order valence-corrected chi connectivity index (χ3v) is 2.96. The molecular weight excluding hydrogens is 268 g/mol. The van der Waals surface area contributed by atoms with Gasteiger partial charge in [0.15, 0.2) is 17.3 Å². The maximum absolute atomic E-state index is 6.17. The number of methoxy groups -OCH3 is 1. The predicted molar refractivity (Wildman–Crippen MR) is 71.2 cm³/mol. The highest BCUT2D eigenvalue weighted by molar-refractivity contribution is 6.32. The molecule has 0 bridgehead atoms.